The second kappa shape index (κ2) is 3.93. The van der Waals surface area contributed by atoms with Crippen LogP contribution in [0.4, 0.5) is 0 Å². The van der Waals surface area contributed by atoms with Crippen molar-refractivity contribution in [2.45, 2.75) is 5.33 Å². The highest BCUT2D eigenvalue weighted by Crippen LogP contribution is 2.20. The van der Waals surface area contributed by atoms with Gasteiger partial charge in [-0.25, -0.2) is 4.79 Å². The van der Waals surface area contributed by atoms with E-state index in [2.05, 4.69) is 46.7 Å². The summed E-state index contributed by atoms with van der Waals surface area (Å²) in [5, 5.41) is 4.43. The second-order valence-electron chi connectivity index (χ2n) is 2.58. The zero-order valence-corrected chi connectivity index (χ0v) is 10.7. The molecule has 0 aliphatic heterocycles. The van der Waals surface area contributed by atoms with Gasteiger partial charge in [0.1, 0.15) is 5.69 Å². The summed E-state index contributed by atoms with van der Waals surface area (Å²) in [6.07, 6.45) is 0. The van der Waals surface area contributed by atoms with Crippen LogP contribution in [0.3, 0.4) is 0 Å². The van der Waals surface area contributed by atoms with Crippen molar-refractivity contribution in [2.24, 2.45) is 0 Å². The number of aromatic nitrogens is 3. The third-order valence-electron chi connectivity index (χ3n) is 1.76. The predicted molar refractivity (Wildman–Crippen MR) is 56.9 cm³/mol. The molecule has 0 bridgehead atoms. The molecule has 0 radical (unpaired) electrons. The van der Waals surface area contributed by atoms with E-state index in [1.165, 1.54) is 11.6 Å². The molecule has 2 aromatic heterocycles. The number of ether oxygens (including phenoxy) is 1. The number of alkyl halides is 1. The zero-order valence-electron chi connectivity index (χ0n) is 7.53. The number of esters is 1. The lowest BCUT2D eigenvalue weighted by molar-refractivity contribution is 0.0566. The van der Waals surface area contributed by atoms with Crippen LogP contribution < -0.4 is 0 Å². The molecule has 2 rings (SSSR count). The Balaban J connectivity index is 2.65. The van der Waals surface area contributed by atoms with Crippen LogP contribution in [0.2, 0.25) is 0 Å². The highest BCUT2D eigenvalue weighted by Gasteiger charge is 2.22. The minimum Gasteiger partial charge on any atom is -0.463 e. The van der Waals surface area contributed by atoms with Gasteiger partial charge in [0.2, 0.25) is 10.5 Å². The molecule has 0 unspecified atom stereocenters. The van der Waals surface area contributed by atoms with Crippen molar-refractivity contribution in [3.8, 4) is 0 Å². The number of rotatable bonds is 2. The average molecular weight is 339 g/mol. The summed E-state index contributed by atoms with van der Waals surface area (Å²) >= 11 is 6.35. The van der Waals surface area contributed by atoms with Crippen molar-refractivity contribution in [3.05, 3.63) is 16.2 Å². The number of carbonyl (C=O) groups excluding carboxylic acids is 1. The van der Waals surface area contributed by atoms with Crippen LogP contribution in [0.15, 0.2) is 9.15 Å². The maximum absolute atomic E-state index is 11.3. The fourth-order valence-corrected chi connectivity index (χ4v) is 1.93. The number of oxazole rings is 1. The van der Waals surface area contributed by atoms with Crippen molar-refractivity contribution in [1.29, 1.82) is 0 Å². The molecule has 8 heteroatoms. The van der Waals surface area contributed by atoms with E-state index in [1.807, 2.05) is 0 Å². The lowest BCUT2D eigenvalue weighted by Gasteiger charge is -1.95. The van der Waals surface area contributed by atoms with Crippen LogP contribution in [0.5, 0.6) is 0 Å². The molecule has 0 aliphatic carbocycles. The summed E-state index contributed by atoms with van der Waals surface area (Å²) in [6, 6.07) is 0. The Kier molecular flexibility index (Phi) is 2.79. The predicted octanol–water partition coefficient (Wildman–Crippen LogP) is 1.77. The van der Waals surface area contributed by atoms with E-state index in [4.69, 9.17) is 4.42 Å². The van der Waals surface area contributed by atoms with Crippen LogP contribution in [0.1, 0.15) is 16.2 Å². The summed E-state index contributed by atoms with van der Waals surface area (Å²) in [6.45, 7) is 0. The number of hydrogen-bond donors (Lipinski definition) is 0. The van der Waals surface area contributed by atoms with Gasteiger partial charge in [0.05, 0.1) is 7.11 Å². The SMILES string of the molecule is COC(=O)c1oc2nc(Br)nn2c1CBr. The van der Waals surface area contributed by atoms with Gasteiger partial charge in [-0.2, -0.15) is 9.50 Å². The maximum Gasteiger partial charge on any atom is 0.376 e. The van der Waals surface area contributed by atoms with Crippen LogP contribution >= 0.6 is 31.9 Å². The first-order chi connectivity index (χ1) is 7.17. The van der Waals surface area contributed by atoms with Crippen LogP contribution in [0.25, 0.3) is 5.84 Å². The molecule has 0 amide bonds. The third-order valence-corrected chi connectivity index (χ3v) is 2.63. The van der Waals surface area contributed by atoms with Gasteiger partial charge >= 0.3 is 11.8 Å². The summed E-state index contributed by atoms with van der Waals surface area (Å²) in [5.41, 5.74) is 0.565. The molecule has 2 aromatic rings. The molecular weight excluding hydrogens is 334 g/mol. The fourth-order valence-electron chi connectivity index (χ4n) is 1.13. The number of fused-ring (bicyclic) bond motifs is 1. The minimum absolute atomic E-state index is 0.108. The van der Waals surface area contributed by atoms with Crippen molar-refractivity contribution >= 4 is 43.7 Å². The molecule has 0 saturated carbocycles. The van der Waals surface area contributed by atoms with Gasteiger partial charge in [-0.15, -0.1) is 5.10 Å². The number of hydrogen-bond acceptors (Lipinski definition) is 5. The summed E-state index contributed by atoms with van der Waals surface area (Å²) in [4.78, 5) is 15.3. The molecule has 0 atom stereocenters. The van der Waals surface area contributed by atoms with Gasteiger partial charge in [0.25, 0.3) is 0 Å². The van der Waals surface area contributed by atoms with E-state index in [-0.39, 0.29) is 11.6 Å². The van der Waals surface area contributed by atoms with E-state index >= 15 is 0 Å². The minimum atomic E-state index is -0.548. The molecule has 2 heterocycles. The van der Waals surface area contributed by atoms with Gasteiger partial charge in [-0.3, -0.25) is 0 Å². The van der Waals surface area contributed by atoms with E-state index in [0.717, 1.165) is 0 Å². The number of halogens is 2. The molecule has 6 nitrogen and oxygen atoms in total. The standard InChI is InChI=1S/C7H5Br2N3O3/c1-14-5(13)4-3(2-8)12-7(15-4)10-6(9)11-12/h2H2,1H3. The summed E-state index contributed by atoms with van der Waals surface area (Å²) in [5.74, 6) is -0.193. The maximum atomic E-state index is 11.3. The van der Waals surface area contributed by atoms with Crippen LogP contribution in [0, 0.1) is 0 Å². The molecule has 80 valence electrons. The first-order valence-electron chi connectivity index (χ1n) is 3.85. The lowest BCUT2D eigenvalue weighted by atomic mass is 10.4. The van der Waals surface area contributed by atoms with Gasteiger partial charge in [0.15, 0.2) is 0 Å². The van der Waals surface area contributed by atoms with E-state index in [0.29, 0.717) is 15.8 Å². The van der Waals surface area contributed by atoms with Crippen molar-refractivity contribution in [3.63, 3.8) is 0 Å². The van der Waals surface area contributed by atoms with E-state index < -0.39 is 5.97 Å². The molecule has 0 spiro atoms. The topological polar surface area (TPSA) is 69.6 Å². The monoisotopic (exact) mass is 337 g/mol. The lowest BCUT2D eigenvalue weighted by Crippen LogP contribution is -2.04. The Morgan fingerprint density at radius 1 is 1.67 bits per heavy atom. The third kappa shape index (κ3) is 1.67. The molecule has 15 heavy (non-hydrogen) atoms. The van der Waals surface area contributed by atoms with Crippen molar-refractivity contribution in [2.75, 3.05) is 7.11 Å². The molecule has 0 fully saturated rings. The Labute approximate surface area is 101 Å². The van der Waals surface area contributed by atoms with Gasteiger partial charge in [-0.05, 0) is 15.9 Å². The molecule has 0 saturated heterocycles. The largest absolute Gasteiger partial charge is 0.463 e. The number of methoxy groups -OCH3 is 1. The van der Waals surface area contributed by atoms with Crippen molar-refractivity contribution < 1.29 is 13.9 Å². The summed E-state index contributed by atoms with van der Waals surface area (Å²) in [7, 11) is 1.29. The normalized spacial score (nSPS) is 10.9. The van der Waals surface area contributed by atoms with E-state index in [1.54, 1.807) is 0 Å². The number of carbonyl (C=O) groups is 1. The second-order valence-corrected chi connectivity index (χ2v) is 3.85. The molecular formula is C7H5Br2N3O3. The number of nitrogens with zero attached hydrogens (tertiary/aromatic N) is 3. The molecule has 0 aliphatic rings. The molecule has 0 N–H and O–H groups in total. The Morgan fingerprint density at radius 2 is 2.40 bits per heavy atom. The van der Waals surface area contributed by atoms with Crippen LogP contribution in [-0.2, 0) is 10.1 Å². The first-order valence-corrected chi connectivity index (χ1v) is 5.77. The van der Waals surface area contributed by atoms with Gasteiger partial charge in [0, 0.05) is 5.33 Å². The fraction of sp³-hybridized carbons (Fsp3) is 0.286. The summed E-state index contributed by atoms with van der Waals surface area (Å²) < 4.78 is 11.6. The van der Waals surface area contributed by atoms with Gasteiger partial charge in [-0.1, -0.05) is 15.9 Å². The quantitative estimate of drug-likeness (QED) is 0.616. The zero-order chi connectivity index (χ0) is 11.0. The highest BCUT2D eigenvalue weighted by atomic mass is 79.9. The first kappa shape index (κ1) is 10.6. The van der Waals surface area contributed by atoms with Crippen molar-refractivity contribution in [1.82, 2.24) is 14.6 Å². The smallest absolute Gasteiger partial charge is 0.376 e. The van der Waals surface area contributed by atoms with Gasteiger partial charge < -0.3 is 9.15 Å². The molecule has 0 aromatic carbocycles. The Hall–Kier alpha value is -0.890. The highest BCUT2D eigenvalue weighted by molar-refractivity contribution is 9.10. The van der Waals surface area contributed by atoms with E-state index in [9.17, 15) is 4.79 Å². The Bertz CT molecular complexity index is 519. The Morgan fingerprint density at radius 3 is 3.00 bits per heavy atom. The average Bonchev–Trinajstić information content (AvgIpc) is 2.71. The van der Waals surface area contributed by atoms with Crippen LogP contribution in [-0.4, -0.2) is 27.7 Å².